The molecule has 3 aliphatic rings. The van der Waals surface area contributed by atoms with Gasteiger partial charge in [-0.15, -0.1) is 5.10 Å². The van der Waals surface area contributed by atoms with Gasteiger partial charge < -0.3 is 24.8 Å². The first-order valence-corrected chi connectivity index (χ1v) is 9.66. The summed E-state index contributed by atoms with van der Waals surface area (Å²) in [6.07, 6.45) is 2.89. The number of aromatic nitrogens is 2. The van der Waals surface area contributed by atoms with Gasteiger partial charge in [0.1, 0.15) is 0 Å². The number of amides is 2. The number of anilines is 2. The lowest BCUT2D eigenvalue weighted by molar-refractivity contribution is -0.137. The molecule has 1 aromatic rings. The highest BCUT2D eigenvalue weighted by Gasteiger charge is 2.30. The lowest BCUT2D eigenvalue weighted by atomic mass is 9.97. The highest BCUT2D eigenvalue weighted by Crippen LogP contribution is 2.22. The highest BCUT2D eigenvalue weighted by molar-refractivity contribution is 5.84. The van der Waals surface area contributed by atoms with Crippen LogP contribution in [-0.4, -0.2) is 85.9 Å². The average molecular weight is 374 g/mol. The quantitative estimate of drug-likeness (QED) is 0.762. The fraction of sp³-hybridized carbons (Fsp3) is 0.667. The summed E-state index contributed by atoms with van der Waals surface area (Å²) in [5, 5.41) is 11.2. The molecule has 1 aromatic heterocycles. The number of carbonyl (C=O) groups is 2. The van der Waals surface area contributed by atoms with Gasteiger partial charge in [0.2, 0.25) is 11.8 Å². The number of rotatable bonds is 3. The van der Waals surface area contributed by atoms with Crippen molar-refractivity contribution in [3.05, 3.63) is 12.3 Å². The Morgan fingerprint density at radius 3 is 2.59 bits per heavy atom. The van der Waals surface area contributed by atoms with Crippen molar-refractivity contribution in [2.24, 2.45) is 5.92 Å². The first-order valence-electron chi connectivity index (χ1n) is 9.66. The number of morpholine rings is 1. The van der Waals surface area contributed by atoms with E-state index in [2.05, 4.69) is 31.4 Å². The van der Waals surface area contributed by atoms with Crippen LogP contribution < -0.4 is 15.1 Å². The highest BCUT2D eigenvalue weighted by atomic mass is 16.5. The molecule has 3 fully saturated rings. The van der Waals surface area contributed by atoms with Crippen LogP contribution >= 0.6 is 0 Å². The van der Waals surface area contributed by atoms with Gasteiger partial charge in [0.15, 0.2) is 5.82 Å². The molecule has 9 heteroatoms. The minimum atomic E-state index is -0.0789. The zero-order valence-corrected chi connectivity index (χ0v) is 15.5. The van der Waals surface area contributed by atoms with E-state index in [0.717, 1.165) is 37.7 Å². The molecule has 1 unspecified atom stereocenters. The SMILES string of the molecule is O=C1CCC(C(=O)N2CCN(c3cnnc(N4CCOCC4)c3)CC2)CN1. The lowest BCUT2D eigenvalue weighted by Gasteiger charge is -2.38. The van der Waals surface area contributed by atoms with Gasteiger partial charge in [-0.05, 0) is 6.42 Å². The van der Waals surface area contributed by atoms with E-state index in [0.29, 0.717) is 45.7 Å². The molecule has 9 nitrogen and oxygen atoms in total. The third-order valence-electron chi connectivity index (χ3n) is 5.53. The Hall–Kier alpha value is -2.42. The maximum Gasteiger partial charge on any atom is 0.227 e. The van der Waals surface area contributed by atoms with Crippen molar-refractivity contribution in [1.29, 1.82) is 0 Å². The summed E-state index contributed by atoms with van der Waals surface area (Å²) in [4.78, 5) is 30.3. The maximum atomic E-state index is 12.7. The van der Waals surface area contributed by atoms with Gasteiger partial charge in [0, 0.05) is 58.3 Å². The van der Waals surface area contributed by atoms with Gasteiger partial charge in [0.25, 0.3) is 0 Å². The van der Waals surface area contributed by atoms with E-state index in [1.807, 2.05) is 4.90 Å². The molecule has 4 rings (SSSR count). The molecule has 0 spiro atoms. The molecule has 1 atom stereocenters. The fourth-order valence-electron chi connectivity index (χ4n) is 3.85. The number of hydrogen-bond acceptors (Lipinski definition) is 7. The molecule has 0 saturated carbocycles. The van der Waals surface area contributed by atoms with E-state index in [4.69, 9.17) is 4.74 Å². The predicted octanol–water partition coefficient (Wildman–Crippen LogP) is -0.512. The van der Waals surface area contributed by atoms with Crippen LogP contribution in [0.5, 0.6) is 0 Å². The smallest absolute Gasteiger partial charge is 0.227 e. The molecular formula is C18H26N6O3. The predicted molar refractivity (Wildman–Crippen MR) is 99.6 cm³/mol. The van der Waals surface area contributed by atoms with E-state index >= 15 is 0 Å². The summed E-state index contributed by atoms with van der Waals surface area (Å²) in [6.45, 7) is 6.50. The molecule has 146 valence electrons. The standard InChI is InChI=1S/C18H26N6O3/c25-17-2-1-14(12-19-17)18(26)24-5-3-22(4-6-24)15-11-16(21-20-13-15)23-7-9-27-10-8-23/h11,13-14H,1-10,12H2,(H,19,25). The molecule has 3 aliphatic heterocycles. The minimum Gasteiger partial charge on any atom is -0.378 e. The number of carbonyl (C=O) groups excluding carboxylic acids is 2. The van der Waals surface area contributed by atoms with Gasteiger partial charge in [-0.1, -0.05) is 0 Å². The van der Waals surface area contributed by atoms with Crippen LogP contribution in [0.3, 0.4) is 0 Å². The first kappa shape index (κ1) is 18.0. The van der Waals surface area contributed by atoms with Gasteiger partial charge >= 0.3 is 0 Å². The molecular weight excluding hydrogens is 348 g/mol. The second-order valence-corrected chi connectivity index (χ2v) is 7.22. The zero-order valence-electron chi connectivity index (χ0n) is 15.5. The van der Waals surface area contributed by atoms with Crippen molar-refractivity contribution in [2.75, 3.05) is 68.8 Å². The zero-order chi connectivity index (χ0) is 18.6. The number of piperazine rings is 1. The van der Waals surface area contributed by atoms with Crippen LogP contribution in [0.1, 0.15) is 12.8 Å². The van der Waals surface area contributed by atoms with E-state index in [9.17, 15) is 9.59 Å². The van der Waals surface area contributed by atoms with E-state index in [1.54, 1.807) is 6.20 Å². The normalized spacial score (nSPS) is 23.9. The van der Waals surface area contributed by atoms with E-state index < -0.39 is 0 Å². The summed E-state index contributed by atoms with van der Waals surface area (Å²) in [7, 11) is 0. The van der Waals surface area contributed by atoms with Crippen molar-refractivity contribution >= 4 is 23.3 Å². The maximum absolute atomic E-state index is 12.7. The van der Waals surface area contributed by atoms with Crippen molar-refractivity contribution in [2.45, 2.75) is 12.8 Å². The molecule has 1 N–H and O–H groups in total. The average Bonchev–Trinajstić information content (AvgIpc) is 2.75. The van der Waals surface area contributed by atoms with Crippen LogP contribution in [-0.2, 0) is 14.3 Å². The van der Waals surface area contributed by atoms with Crippen LogP contribution in [0.25, 0.3) is 0 Å². The second kappa shape index (κ2) is 8.08. The Kier molecular flexibility index (Phi) is 5.38. The number of piperidine rings is 1. The molecule has 3 saturated heterocycles. The van der Waals surface area contributed by atoms with Gasteiger partial charge in [-0.25, -0.2) is 0 Å². The number of nitrogens with zero attached hydrogens (tertiary/aromatic N) is 5. The van der Waals surface area contributed by atoms with Gasteiger partial charge in [-0.3, -0.25) is 9.59 Å². The van der Waals surface area contributed by atoms with Crippen molar-refractivity contribution < 1.29 is 14.3 Å². The van der Waals surface area contributed by atoms with Crippen molar-refractivity contribution in [3.63, 3.8) is 0 Å². The Labute approximate surface area is 158 Å². The van der Waals surface area contributed by atoms with Crippen LogP contribution in [0.15, 0.2) is 12.3 Å². The fourth-order valence-corrected chi connectivity index (χ4v) is 3.85. The number of nitrogens with one attached hydrogen (secondary N) is 1. The summed E-state index contributed by atoms with van der Waals surface area (Å²) in [5.41, 5.74) is 1.04. The monoisotopic (exact) mass is 374 g/mol. The van der Waals surface area contributed by atoms with E-state index in [1.165, 1.54) is 0 Å². The molecule has 27 heavy (non-hydrogen) atoms. The summed E-state index contributed by atoms with van der Waals surface area (Å²) < 4.78 is 5.40. The number of hydrogen-bond donors (Lipinski definition) is 1. The minimum absolute atomic E-state index is 0.0464. The van der Waals surface area contributed by atoms with E-state index in [-0.39, 0.29) is 17.7 Å². The molecule has 4 heterocycles. The third kappa shape index (κ3) is 4.13. The summed E-state index contributed by atoms with van der Waals surface area (Å²) in [5.74, 6) is 1.01. The molecule has 0 radical (unpaired) electrons. The Balaban J connectivity index is 1.33. The Morgan fingerprint density at radius 2 is 1.89 bits per heavy atom. The van der Waals surface area contributed by atoms with Crippen molar-refractivity contribution in [3.8, 4) is 0 Å². The van der Waals surface area contributed by atoms with Crippen molar-refractivity contribution in [1.82, 2.24) is 20.4 Å². The first-order chi connectivity index (χ1) is 13.2. The van der Waals surface area contributed by atoms with Crippen LogP contribution in [0, 0.1) is 5.92 Å². The molecule has 0 aromatic carbocycles. The van der Waals surface area contributed by atoms with Crippen LogP contribution in [0.4, 0.5) is 11.5 Å². The summed E-state index contributed by atoms with van der Waals surface area (Å²) >= 11 is 0. The lowest BCUT2D eigenvalue weighted by Crippen LogP contribution is -2.52. The van der Waals surface area contributed by atoms with Gasteiger partial charge in [-0.2, -0.15) is 5.10 Å². The molecule has 2 amide bonds. The molecule has 0 bridgehead atoms. The third-order valence-corrected chi connectivity index (χ3v) is 5.53. The summed E-state index contributed by atoms with van der Waals surface area (Å²) in [6, 6.07) is 2.08. The topological polar surface area (TPSA) is 90.9 Å². The number of ether oxygens (including phenoxy) is 1. The van der Waals surface area contributed by atoms with Crippen LogP contribution in [0.2, 0.25) is 0 Å². The molecule has 0 aliphatic carbocycles. The second-order valence-electron chi connectivity index (χ2n) is 7.22. The Bertz CT molecular complexity index is 675. The van der Waals surface area contributed by atoms with Gasteiger partial charge in [0.05, 0.1) is 31.0 Å². The largest absolute Gasteiger partial charge is 0.378 e. The Morgan fingerprint density at radius 1 is 1.11 bits per heavy atom.